The molecule has 0 aliphatic carbocycles. The molecule has 3 heteroatoms. The van der Waals surface area contributed by atoms with Crippen molar-refractivity contribution in [3.63, 3.8) is 0 Å². The van der Waals surface area contributed by atoms with Crippen molar-refractivity contribution in [2.24, 2.45) is 0 Å². The standard InChI is InChI=1S/C15H13ClF2/c1-9-3-5-11(6-4-9)15(16)12-7-10(2)13(17)8-14(12)18/h3-8,15H,1-2H3. The van der Waals surface area contributed by atoms with Crippen molar-refractivity contribution >= 4 is 11.6 Å². The van der Waals surface area contributed by atoms with Crippen LogP contribution in [0.4, 0.5) is 8.78 Å². The second kappa shape index (κ2) is 5.07. The van der Waals surface area contributed by atoms with E-state index in [2.05, 4.69) is 0 Å². The van der Waals surface area contributed by atoms with Gasteiger partial charge >= 0.3 is 0 Å². The molecule has 2 rings (SSSR count). The molecule has 0 fully saturated rings. The lowest BCUT2D eigenvalue weighted by molar-refractivity contribution is 0.568. The fourth-order valence-corrected chi connectivity index (χ4v) is 2.10. The van der Waals surface area contributed by atoms with Crippen molar-refractivity contribution in [1.29, 1.82) is 0 Å². The van der Waals surface area contributed by atoms with Gasteiger partial charge in [0.05, 0.1) is 5.38 Å². The van der Waals surface area contributed by atoms with E-state index in [1.54, 1.807) is 6.92 Å². The number of hydrogen-bond donors (Lipinski definition) is 0. The Labute approximate surface area is 110 Å². The Balaban J connectivity index is 2.42. The highest BCUT2D eigenvalue weighted by atomic mass is 35.5. The molecule has 0 amide bonds. The largest absolute Gasteiger partial charge is 0.207 e. The molecule has 0 saturated heterocycles. The monoisotopic (exact) mass is 266 g/mol. The Morgan fingerprint density at radius 2 is 1.56 bits per heavy atom. The van der Waals surface area contributed by atoms with Crippen molar-refractivity contribution < 1.29 is 8.78 Å². The highest BCUT2D eigenvalue weighted by molar-refractivity contribution is 6.22. The molecule has 0 bridgehead atoms. The summed E-state index contributed by atoms with van der Waals surface area (Å²) in [6.07, 6.45) is 0. The minimum atomic E-state index is -0.612. The van der Waals surface area contributed by atoms with E-state index >= 15 is 0 Å². The van der Waals surface area contributed by atoms with Crippen molar-refractivity contribution in [3.05, 3.63) is 70.3 Å². The number of aryl methyl sites for hydroxylation is 2. The molecule has 0 aliphatic heterocycles. The predicted octanol–water partition coefficient (Wildman–Crippen LogP) is 4.91. The third kappa shape index (κ3) is 2.54. The van der Waals surface area contributed by atoms with Gasteiger partial charge in [-0.25, -0.2) is 8.78 Å². The minimum absolute atomic E-state index is 0.305. The van der Waals surface area contributed by atoms with E-state index in [0.717, 1.165) is 17.2 Å². The molecule has 0 aliphatic rings. The highest BCUT2D eigenvalue weighted by Crippen LogP contribution is 2.31. The quantitative estimate of drug-likeness (QED) is 0.678. The van der Waals surface area contributed by atoms with E-state index in [-0.39, 0.29) is 0 Å². The van der Waals surface area contributed by atoms with Crippen LogP contribution in [0, 0.1) is 25.5 Å². The van der Waals surface area contributed by atoms with Crippen LogP contribution in [0.2, 0.25) is 0 Å². The zero-order valence-electron chi connectivity index (χ0n) is 10.2. The van der Waals surface area contributed by atoms with Gasteiger partial charge in [-0.1, -0.05) is 29.8 Å². The number of hydrogen-bond acceptors (Lipinski definition) is 0. The minimum Gasteiger partial charge on any atom is -0.207 e. The lowest BCUT2D eigenvalue weighted by Crippen LogP contribution is -1.99. The van der Waals surface area contributed by atoms with Gasteiger partial charge in [-0.15, -0.1) is 11.6 Å². The zero-order valence-corrected chi connectivity index (χ0v) is 10.9. The lowest BCUT2D eigenvalue weighted by atomic mass is 10.0. The Morgan fingerprint density at radius 1 is 0.944 bits per heavy atom. The van der Waals surface area contributed by atoms with Gasteiger partial charge in [0.2, 0.25) is 0 Å². The molecular weight excluding hydrogens is 254 g/mol. The molecule has 2 aromatic rings. The third-order valence-corrected chi connectivity index (χ3v) is 3.41. The van der Waals surface area contributed by atoms with Gasteiger partial charge in [0.25, 0.3) is 0 Å². The first-order valence-corrected chi connectivity index (χ1v) is 6.09. The average molecular weight is 267 g/mol. The van der Waals surface area contributed by atoms with Crippen LogP contribution >= 0.6 is 11.6 Å². The maximum absolute atomic E-state index is 13.7. The van der Waals surface area contributed by atoms with E-state index in [1.807, 2.05) is 31.2 Å². The summed E-state index contributed by atoms with van der Waals surface area (Å²) >= 11 is 6.25. The third-order valence-electron chi connectivity index (χ3n) is 2.92. The van der Waals surface area contributed by atoms with Crippen LogP contribution < -0.4 is 0 Å². The van der Waals surface area contributed by atoms with Crippen molar-refractivity contribution in [3.8, 4) is 0 Å². The summed E-state index contributed by atoms with van der Waals surface area (Å²) < 4.78 is 26.9. The summed E-state index contributed by atoms with van der Waals surface area (Å²) in [5.74, 6) is -1.16. The molecule has 0 nitrogen and oxygen atoms in total. The predicted molar refractivity (Wildman–Crippen MR) is 70.0 cm³/mol. The van der Waals surface area contributed by atoms with Gasteiger partial charge in [0, 0.05) is 11.6 Å². The van der Waals surface area contributed by atoms with E-state index < -0.39 is 17.0 Å². The molecule has 18 heavy (non-hydrogen) atoms. The van der Waals surface area contributed by atoms with Crippen molar-refractivity contribution in [2.45, 2.75) is 19.2 Å². The van der Waals surface area contributed by atoms with Gasteiger partial charge in [0.15, 0.2) is 0 Å². The molecule has 0 radical (unpaired) electrons. The Bertz CT molecular complexity index is 561. The Morgan fingerprint density at radius 3 is 2.17 bits per heavy atom. The van der Waals surface area contributed by atoms with Crippen LogP contribution in [-0.4, -0.2) is 0 Å². The normalized spacial score (nSPS) is 12.5. The fraction of sp³-hybridized carbons (Fsp3) is 0.200. The van der Waals surface area contributed by atoms with Gasteiger partial charge in [-0.05, 0) is 31.0 Å². The van der Waals surface area contributed by atoms with E-state index in [0.29, 0.717) is 11.1 Å². The average Bonchev–Trinajstić information content (AvgIpc) is 2.34. The smallest absolute Gasteiger partial charge is 0.131 e. The second-order valence-electron chi connectivity index (χ2n) is 4.40. The molecule has 1 unspecified atom stereocenters. The highest BCUT2D eigenvalue weighted by Gasteiger charge is 2.17. The first-order valence-electron chi connectivity index (χ1n) is 5.65. The van der Waals surface area contributed by atoms with E-state index in [4.69, 9.17) is 11.6 Å². The molecular formula is C15H13ClF2. The molecule has 0 N–H and O–H groups in total. The number of rotatable bonds is 2. The van der Waals surface area contributed by atoms with E-state index in [1.165, 1.54) is 6.07 Å². The molecule has 1 atom stereocenters. The lowest BCUT2D eigenvalue weighted by Gasteiger charge is -2.13. The summed E-state index contributed by atoms with van der Waals surface area (Å²) in [4.78, 5) is 0. The molecule has 0 spiro atoms. The maximum Gasteiger partial charge on any atom is 0.131 e. The van der Waals surface area contributed by atoms with Gasteiger partial charge < -0.3 is 0 Å². The van der Waals surface area contributed by atoms with Gasteiger partial charge in [-0.3, -0.25) is 0 Å². The first-order chi connectivity index (χ1) is 8.49. The summed E-state index contributed by atoms with van der Waals surface area (Å²) in [6.45, 7) is 3.56. The SMILES string of the molecule is Cc1ccc(C(Cl)c2cc(C)c(F)cc2F)cc1. The summed E-state index contributed by atoms with van der Waals surface area (Å²) in [5, 5.41) is -0.607. The molecule has 0 saturated carbocycles. The van der Waals surface area contributed by atoms with Crippen LogP contribution in [0.25, 0.3) is 0 Å². The van der Waals surface area contributed by atoms with Crippen LogP contribution in [-0.2, 0) is 0 Å². The van der Waals surface area contributed by atoms with Crippen LogP contribution in [0.3, 0.4) is 0 Å². The van der Waals surface area contributed by atoms with Crippen LogP contribution in [0.1, 0.15) is 27.6 Å². The molecule has 2 aromatic carbocycles. The van der Waals surface area contributed by atoms with Crippen molar-refractivity contribution in [2.75, 3.05) is 0 Å². The molecule has 0 heterocycles. The number of benzene rings is 2. The summed E-state index contributed by atoms with van der Waals surface area (Å²) in [6, 6.07) is 9.88. The van der Waals surface area contributed by atoms with Crippen molar-refractivity contribution in [1.82, 2.24) is 0 Å². The molecule has 94 valence electrons. The molecule has 0 aromatic heterocycles. The van der Waals surface area contributed by atoms with Crippen LogP contribution in [0.15, 0.2) is 36.4 Å². The Kier molecular flexibility index (Phi) is 3.67. The maximum atomic E-state index is 13.7. The van der Waals surface area contributed by atoms with Crippen LogP contribution in [0.5, 0.6) is 0 Å². The van der Waals surface area contributed by atoms with E-state index in [9.17, 15) is 8.78 Å². The number of halogens is 3. The van der Waals surface area contributed by atoms with Gasteiger partial charge in [-0.2, -0.15) is 0 Å². The Hall–Kier alpha value is -1.41. The fourth-order valence-electron chi connectivity index (χ4n) is 1.79. The summed E-state index contributed by atoms with van der Waals surface area (Å²) in [7, 11) is 0. The first kappa shape index (κ1) is 13.0. The second-order valence-corrected chi connectivity index (χ2v) is 4.83. The topological polar surface area (TPSA) is 0 Å². The zero-order chi connectivity index (χ0) is 13.3. The number of alkyl halides is 1. The van der Waals surface area contributed by atoms with Gasteiger partial charge in [0.1, 0.15) is 11.6 Å². The summed E-state index contributed by atoms with van der Waals surface area (Å²) in [5.41, 5.74) is 2.61.